The number of aromatic nitrogens is 1. The normalized spacial score (nSPS) is 16.8. The van der Waals surface area contributed by atoms with Gasteiger partial charge in [-0.1, -0.05) is 24.3 Å². The van der Waals surface area contributed by atoms with Gasteiger partial charge in [0.25, 0.3) is 0 Å². The lowest BCUT2D eigenvalue weighted by atomic mass is 10.0. The third kappa shape index (κ3) is 5.05. The molecule has 1 aromatic heterocycles. The molecule has 0 amide bonds. The average molecular weight is 363 g/mol. The quantitative estimate of drug-likeness (QED) is 0.802. The van der Waals surface area contributed by atoms with Crippen molar-refractivity contribution in [1.82, 2.24) is 14.8 Å². The minimum atomic E-state index is -4.35. The maximum absolute atomic E-state index is 12.8. The molecule has 2 heterocycles. The first-order valence-corrected chi connectivity index (χ1v) is 8.95. The number of halogens is 3. The highest BCUT2D eigenvalue weighted by molar-refractivity contribution is 5.60. The van der Waals surface area contributed by atoms with Crippen LogP contribution in [0.25, 0.3) is 11.3 Å². The van der Waals surface area contributed by atoms with Crippen LogP contribution in [0.1, 0.15) is 17.5 Å². The number of likely N-dealkylation sites (N-methyl/N-ethyl adjacent to an activating group) is 1. The molecule has 2 aromatic rings. The van der Waals surface area contributed by atoms with Crippen molar-refractivity contribution in [2.75, 3.05) is 39.8 Å². The van der Waals surface area contributed by atoms with Crippen LogP contribution >= 0.6 is 0 Å². The Morgan fingerprint density at radius 1 is 1.00 bits per heavy atom. The average Bonchev–Trinajstić information content (AvgIpc) is 2.63. The van der Waals surface area contributed by atoms with Crippen LogP contribution in [-0.2, 0) is 12.6 Å². The standard InChI is InChI=1S/C20H24F3N3/c1-25-11-13-26(14-12-25)10-2-3-16-4-6-17(7-5-16)19-15-18(8-9-24-19)20(21,22)23/h4-9,15H,2-3,10-14H2,1H3. The molecule has 6 heteroatoms. The summed E-state index contributed by atoms with van der Waals surface area (Å²) in [6.45, 7) is 5.58. The molecule has 0 atom stereocenters. The lowest BCUT2D eigenvalue weighted by Crippen LogP contribution is -2.44. The van der Waals surface area contributed by atoms with Gasteiger partial charge in [-0.3, -0.25) is 4.98 Å². The molecular weight excluding hydrogens is 339 g/mol. The van der Waals surface area contributed by atoms with Crippen molar-refractivity contribution in [2.24, 2.45) is 0 Å². The van der Waals surface area contributed by atoms with E-state index in [4.69, 9.17) is 0 Å². The number of benzene rings is 1. The van der Waals surface area contributed by atoms with E-state index in [-0.39, 0.29) is 0 Å². The number of hydrogen-bond acceptors (Lipinski definition) is 3. The molecule has 0 N–H and O–H groups in total. The predicted octanol–water partition coefficient (Wildman–Crippen LogP) is 3.95. The predicted molar refractivity (Wildman–Crippen MR) is 96.9 cm³/mol. The molecule has 0 bridgehead atoms. The Morgan fingerprint density at radius 2 is 1.69 bits per heavy atom. The molecule has 3 rings (SSSR count). The minimum absolute atomic E-state index is 0.351. The molecule has 0 saturated carbocycles. The fraction of sp³-hybridized carbons (Fsp3) is 0.450. The zero-order valence-corrected chi connectivity index (χ0v) is 15.0. The van der Waals surface area contributed by atoms with Crippen LogP contribution in [0.3, 0.4) is 0 Å². The summed E-state index contributed by atoms with van der Waals surface area (Å²) in [6.07, 6.45) is -1.07. The van der Waals surface area contributed by atoms with Crippen molar-refractivity contribution in [3.63, 3.8) is 0 Å². The third-order valence-electron chi connectivity index (χ3n) is 4.87. The molecule has 1 saturated heterocycles. The van der Waals surface area contributed by atoms with E-state index in [9.17, 15) is 13.2 Å². The van der Waals surface area contributed by atoms with Crippen molar-refractivity contribution < 1.29 is 13.2 Å². The first kappa shape index (κ1) is 18.9. The summed E-state index contributed by atoms with van der Waals surface area (Å²) in [4.78, 5) is 8.90. The lowest BCUT2D eigenvalue weighted by molar-refractivity contribution is -0.137. The van der Waals surface area contributed by atoms with E-state index in [2.05, 4.69) is 21.8 Å². The van der Waals surface area contributed by atoms with E-state index in [1.165, 1.54) is 11.8 Å². The van der Waals surface area contributed by atoms with Crippen LogP contribution in [0.15, 0.2) is 42.6 Å². The maximum Gasteiger partial charge on any atom is 0.416 e. The van der Waals surface area contributed by atoms with Crippen LogP contribution in [0, 0.1) is 0 Å². The Labute approximate surface area is 152 Å². The molecule has 3 nitrogen and oxygen atoms in total. The van der Waals surface area contributed by atoms with Crippen molar-refractivity contribution in [3.05, 3.63) is 53.7 Å². The highest BCUT2D eigenvalue weighted by Gasteiger charge is 2.30. The number of pyridine rings is 1. The van der Waals surface area contributed by atoms with Crippen LogP contribution < -0.4 is 0 Å². The first-order valence-electron chi connectivity index (χ1n) is 8.95. The summed E-state index contributed by atoms with van der Waals surface area (Å²) < 4.78 is 38.5. The topological polar surface area (TPSA) is 19.4 Å². The van der Waals surface area contributed by atoms with Gasteiger partial charge < -0.3 is 9.80 Å². The van der Waals surface area contributed by atoms with Gasteiger partial charge in [0.05, 0.1) is 11.3 Å². The molecule has 0 spiro atoms. The minimum Gasteiger partial charge on any atom is -0.304 e. The summed E-state index contributed by atoms with van der Waals surface area (Å²) in [6, 6.07) is 9.78. The molecule has 1 aliphatic heterocycles. The second-order valence-corrected chi connectivity index (χ2v) is 6.87. The van der Waals surface area contributed by atoms with Gasteiger partial charge >= 0.3 is 6.18 Å². The second kappa shape index (κ2) is 8.18. The van der Waals surface area contributed by atoms with Crippen LogP contribution in [-0.4, -0.2) is 54.6 Å². The second-order valence-electron chi connectivity index (χ2n) is 6.87. The Balaban J connectivity index is 1.55. The molecule has 0 aliphatic carbocycles. The third-order valence-corrected chi connectivity index (χ3v) is 4.87. The van der Waals surface area contributed by atoms with Gasteiger partial charge in [-0.25, -0.2) is 0 Å². The maximum atomic E-state index is 12.8. The summed E-state index contributed by atoms with van der Waals surface area (Å²) in [5.41, 5.74) is 1.59. The Kier molecular flexibility index (Phi) is 5.94. The largest absolute Gasteiger partial charge is 0.416 e. The lowest BCUT2D eigenvalue weighted by Gasteiger charge is -2.32. The SMILES string of the molecule is CN1CCN(CCCc2ccc(-c3cc(C(F)(F)F)ccn3)cc2)CC1. The molecule has 1 aromatic carbocycles. The molecule has 140 valence electrons. The van der Waals surface area contributed by atoms with E-state index in [1.54, 1.807) is 0 Å². The molecule has 0 radical (unpaired) electrons. The van der Waals surface area contributed by atoms with E-state index in [0.717, 1.165) is 57.7 Å². The van der Waals surface area contributed by atoms with E-state index in [0.29, 0.717) is 11.3 Å². The van der Waals surface area contributed by atoms with E-state index >= 15 is 0 Å². The monoisotopic (exact) mass is 363 g/mol. The van der Waals surface area contributed by atoms with Crippen molar-refractivity contribution in [2.45, 2.75) is 19.0 Å². The fourth-order valence-electron chi connectivity index (χ4n) is 3.19. The van der Waals surface area contributed by atoms with Gasteiger partial charge in [0.15, 0.2) is 0 Å². The Hall–Kier alpha value is -1.92. The van der Waals surface area contributed by atoms with Gasteiger partial charge in [0.2, 0.25) is 0 Å². The van der Waals surface area contributed by atoms with Crippen LogP contribution in [0.5, 0.6) is 0 Å². The Bertz CT molecular complexity index is 705. The molecular formula is C20H24F3N3. The zero-order chi connectivity index (χ0) is 18.6. The molecule has 1 fully saturated rings. The van der Waals surface area contributed by atoms with Gasteiger partial charge in [-0.15, -0.1) is 0 Å². The van der Waals surface area contributed by atoms with Gasteiger partial charge in [-0.05, 0) is 44.1 Å². The van der Waals surface area contributed by atoms with Crippen molar-refractivity contribution in [3.8, 4) is 11.3 Å². The van der Waals surface area contributed by atoms with Crippen molar-refractivity contribution in [1.29, 1.82) is 0 Å². The van der Waals surface area contributed by atoms with E-state index in [1.807, 2.05) is 24.3 Å². The van der Waals surface area contributed by atoms with Crippen molar-refractivity contribution >= 4 is 0 Å². The van der Waals surface area contributed by atoms with Crippen LogP contribution in [0.2, 0.25) is 0 Å². The van der Waals surface area contributed by atoms with Gasteiger partial charge in [0.1, 0.15) is 0 Å². The fourth-order valence-corrected chi connectivity index (χ4v) is 3.19. The summed E-state index contributed by atoms with van der Waals surface area (Å²) in [7, 11) is 2.15. The Morgan fingerprint density at radius 3 is 2.35 bits per heavy atom. The molecule has 26 heavy (non-hydrogen) atoms. The van der Waals surface area contributed by atoms with E-state index < -0.39 is 11.7 Å². The number of hydrogen-bond donors (Lipinski definition) is 0. The molecule has 0 unspecified atom stereocenters. The van der Waals surface area contributed by atoms with Gasteiger partial charge in [0, 0.05) is 37.9 Å². The summed E-state index contributed by atoms with van der Waals surface area (Å²) in [5.74, 6) is 0. The van der Waals surface area contributed by atoms with Crippen LogP contribution in [0.4, 0.5) is 13.2 Å². The number of aryl methyl sites for hydroxylation is 1. The number of piperazine rings is 1. The highest BCUT2D eigenvalue weighted by atomic mass is 19.4. The smallest absolute Gasteiger partial charge is 0.304 e. The summed E-state index contributed by atoms with van der Waals surface area (Å²) >= 11 is 0. The van der Waals surface area contributed by atoms with Gasteiger partial charge in [-0.2, -0.15) is 13.2 Å². The number of nitrogens with zero attached hydrogens (tertiary/aromatic N) is 3. The highest BCUT2D eigenvalue weighted by Crippen LogP contribution is 2.31. The number of alkyl halides is 3. The molecule has 1 aliphatic rings. The number of rotatable bonds is 5. The first-order chi connectivity index (χ1) is 12.4. The zero-order valence-electron chi connectivity index (χ0n) is 15.0. The summed E-state index contributed by atoms with van der Waals surface area (Å²) in [5, 5.41) is 0.